The van der Waals surface area contributed by atoms with Crippen molar-refractivity contribution < 1.29 is 8.42 Å². The van der Waals surface area contributed by atoms with Gasteiger partial charge in [0.15, 0.2) is 0 Å². The lowest BCUT2D eigenvalue weighted by molar-refractivity contribution is 0.426. The quantitative estimate of drug-likeness (QED) is 0.304. The van der Waals surface area contributed by atoms with Crippen LogP contribution in [-0.4, -0.2) is 12.7 Å². The van der Waals surface area contributed by atoms with E-state index in [0.717, 1.165) is 39.0 Å². The van der Waals surface area contributed by atoms with E-state index in [1.807, 2.05) is 80.6 Å². The van der Waals surface area contributed by atoms with Crippen LogP contribution in [0.5, 0.6) is 0 Å². The van der Waals surface area contributed by atoms with Gasteiger partial charge in [0.05, 0.1) is 10.9 Å². The summed E-state index contributed by atoms with van der Waals surface area (Å²) in [7, 11) is -3.74. The number of hydrogen-bond donors (Lipinski definition) is 0. The Bertz CT molecular complexity index is 1460. The standard InChI is InChI=1S/C31H27NO2S/c1-23-17-19-28(20-18-23)35(33,34)32-22-27(30-16-10-9-15-29(30)24(32)2)21-31(25-11-5-3-6-12-25)26-13-7-4-8-14-26/h3-22,24H,1-2H3. The van der Waals surface area contributed by atoms with Gasteiger partial charge in [-0.25, -0.2) is 8.42 Å². The molecule has 4 aromatic carbocycles. The van der Waals surface area contributed by atoms with E-state index in [1.165, 1.54) is 4.31 Å². The highest BCUT2D eigenvalue weighted by molar-refractivity contribution is 7.89. The number of aryl methyl sites for hydroxylation is 1. The Balaban J connectivity index is 1.71. The molecule has 0 saturated carbocycles. The van der Waals surface area contributed by atoms with E-state index in [2.05, 4.69) is 36.4 Å². The molecule has 0 radical (unpaired) electrons. The highest BCUT2D eigenvalue weighted by atomic mass is 32.2. The molecular formula is C31H27NO2S. The number of rotatable bonds is 5. The molecule has 0 N–H and O–H groups in total. The fraction of sp³-hybridized carbons (Fsp3) is 0.0968. The van der Waals surface area contributed by atoms with Crippen LogP contribution in [0.4, 0.5) is 0 Å². The molecule has 35 heavy (non-hydrogen) atoms. The Hall–Kier alpha value is -3.89. The SMILES string of the molecule is Cc1ccc(S(=O)(=O)N2C=C(C=C(c3ccccc3)c3ccccc3)c3ccccc3C2C)cc1. The maximum Gasteiger partial charge on any atom is 0.264 e. The molecule has 0 bridgehead atoms. The molecule has 1 unspecified atom stereocenters. The third-order valence-corrected chi connectivity index (χ3v) is 8.28. The summed E-state index contributed by atoms with van der Waals surface area (Å²) >= 11 is 0. The van der Waals surface area contributed by atoms with Crippen LogP contribution in [0, 0.1) is 6.92 Å². The van der Waals surface area contributed by atoms with Gasteiger partial charge in [-0.05, 0) is 65.5 Å². The van der Waals surface area contributed by atoms with E-state index in [4.69, 9.17) is 0 Å². The molecule has 1 aliphatic rings. The third-order valence-electron chi connectivity index (χ3n) is 6.44. The first-order chi connectivity index (χ1) is 16.9. The summed E-state index contributed by atoms with van der Waals surface area (Å²) < 4.78 is 29.0. The van der Waals surface area contributed by atoms with Crippen molar-refractivity contribution in [1.29, 1.82) is 0 Å². The van der Waals surface area contributed by atoms with Crippen molar-refractivity contribution in [2.45, 2.75) is 24.8 Å². The predicted molar refractivity (Wildman–Crippen MR) is 143 cm³/mol. The number of benzene rings is 4. The van der Waals surface area contributed by atoms with Crippen LogP contribution in [0.1, 0.15) is 40.8 Å². The first-order valence-corrected chi connectivity index (χ1v) is 13.1. The Labute approximate surface area is 207 Å². The van der Waals surface area contributed by atoms with E-state index < -0.39 is 10.0 Å². The highest BCUT2D eigenvalue weighted by Crippen LogP contribution is 2.40. The number of sulfonamides is 1. The van der Waals surface area contributed by atoms with Gasteiger partial charge < -0.3 is 0 Å². The average molecular weight is 478 g/mol. The molecule has 3 nitrogen and oxygen atoms in total. The monoisotopic (exact) mass is 477 g/mol. The predicted octanol–water partition coefficient (Wildman–Crippen LogP) is 7.23. The maximum atomic E-state index is 13.8. The third kappa shape index (κ3) is 4.45. The van der Waals surface area contributed by atoms with Crippen LogP contribution >= 0.6 is 0 Å². The van der Waals surface area contributed by atoms with E-state index in [-0.39, 0.29) is 6.04 Å². The number of nitrogens with zero attached hydrogens (tertiary/aromatic N) is 1. The summed E-state index contributed by atoms with van der Waals surface area (Å²) in [5.41, 5.74) is 7.09. The van der Waals surface area contributed by atoms with Gasteiger partial charge in [0.1, 0.15) is 0 Å². The zero-order chi connectivity index (χ0) is 24.4. The van der Waals surface area contributed by atoms with Crippen molar-refractivity contribution in [2.75, 3.05) is 0 Å². The van der Waals surface area contributed by atoms with Crippen LogP contribution in [0.2, 0.25) is 0 Å². The normalized spacial score (nSPS) is 15.2. The van der Waals surface area contributed by atoms with E-state index in [1.54, 1.807) is 18.3 Å². The molecule has 174 valence electrons. The molecule has 0 spiro atoms. The maximum absolute atomic E-state index is 13.8. The lowest BCUT2D eigenvalue weighted by Gasteiger charge is -2.34. The van der Waals surface area contributed by atoms with E-state index >= 15 is 0 Å². The summed E-state index contributed by atoms with van der Waals surface area (Å²) in [6.45, 7) is 3.89. The van der Waals surface area contributed by atoms with Gasteiger partial charge in [-0.3, -0.25) is 4.31 Å². The minimum absolute atomic E-state index is 0.292. The molecule has 4 aromatic rings. The fourth-order valence-corrected chi connectivity index (χ4v) is 6.03. The van der Waals surface area contributed by atoms with Gasteiger partial charge in [-0.1, -0.05) is 103 Å². The summed E-state index contributed by atoms with van der Waals surface area (Å²) in [5, 5.41) is 0. The van der Waals surface area contributed by atoms with Crippen LogP contribution in [-0.2, 0) is 10.0 Å². The molecule has 5 rings (SSSR count). The van der Waals surface area contributed by atoms with Crippen LogP contribution in [0.15, 0.2) is 126 Å². The second-order valence-electron chi connectivity index (χ2n) is 8.79. The van der Waals surface area contributed by atoms with Crippen LogP contribution < -0.4 is 0 Å². The van der Waals surface area contributed by atoms with Gasteiger partial charge in [-0.2, -0.15) is 0 Å². The largest absolute Gasteiger partial charge is 0.265 e. The molecule has 0 aliphatic carbocycles. The van der Waals surface area contributed by atoms with Gasteiger partial charge in [-0.15, -0.1) is 0 Å². The zero-order valence-corrected chi connectivity index (χ0v) is 20.6. The van der Waals surface area contributed by atoms with Gasteiger partial charge in [0.25, 0.3) is 10.0 Å². The van der Waals surface area contributed by atoms with Crippen molar-refractivity contribution in [1.82, 2.24) is 4.31 Å². The van der Waals surface area contributed by atoms with Gasteiger partial charge in [0, 0.05) is 6.20 Å². The molecular weight excluding hydrogens is 450 g/mol. The Morgan fingerprint density at radius 2 is 1.29 bits per heavy atom. The summed E-state index contributed by atoms with van der Waals surface area (Å²) in [5.74, 6) is 0. The second kappa shape index (κ2) is 9.40. The number of fused-ring (bicyclic) bond motifs is 1. The van der Waals surface area contributed by atoms with Crippen molar-refractivity contribution >= 4 is 21.2 Å². The summed E-state index contributed by atoms with van der Waals surface area (Å²) in [4.78, 5) is 0.292. The van der Waals surface area contributed by atoms with Crippen molar-refractivity contribution in [2.24, 2.45) is 0 Å². The van der Waals surface area contributed by atoms with Gasteiger partial charge >= 0.3 is 0 Å². The Morgan fingerprint density at radius 1 is 0.743 bits per heavy atom. The molecule has 1 heterocycles. The lowest BCUT2D eigenvalue weighted by Crippen LogP contribution is -2.32. The summed E-state index contributed by atoms with van der Waals surface area (Å²) in [6, 6.07) is 35.2. The molecule has 0 saturated heterocycles. The second-order valence-corrected chi connectivity index (χ2v) is 10.6. The molecule has 0 amide bonds. The van der Waals surface area contributed by atoms with E-state index in [0.29, 0.717) is 4.90 Å². The Kier molecular flexibility index (Phi) is 6.14. The van der Waals surface area contributed by atoms with Gasteiger partial charge in [0.2, 0.25) is 0 Å². The van der Waals surface area contributed by atoms with Crippen LogP contribution in [0.3, 0.4) is 0 Å². The summed E-state index contributed by atoms with van der Waals surface area (Å²) in [6.07, 6.45) is 3.89. The lowest BCUT2D eigenvalue weighted by atomic mass is 9.89. The number of allylic oxidation sites excluding steroid dienone is 2. The highest BCUT2D eigenvalue weighted by Gasteiger charge is 2.32. The first kappa shape index (κ1) is 22.9. The minimum atomic E-state index is -3.74. The molecule has 0 aromatic heterocycles. The zero-order valence-electron chi connectivity index (χ0n) is 19.8. The first-order valence-electron chi connectivity index (χ1n) is 11.7. The molecule has 4 heteroatoms. The van der Waals surface area contributed by atoms with Crippen molar-refractivity contribution in [3.8, 4) is 0 Å². The molecule has 1 aliphatic heterocycles. The van der Waals surface area contributed by atoms with Crippen molar-refractivity contribution in [3.05, 3.63) is 149 Å². The van der Waals surface area contributed by atoms with Crippen molar-refractivity contribution in [3.63, 3.8) is 0 Å². The number of hydrogen-bond acceptors (Lipinski definition) is 2. The minimum Gasteiger partial charge on any atom is -0.265 e. The topological polar surface area (TPSA) is 37.4 Å². The average Bonchev–Trinajstić information content (AvgIpc) is 2.89. The fourth-order valence-electron chi connectivity index (χ4n) is 4.53. The van der Waals surface area contributed by atoms with E-state index in [9.17, 15) is 8.42 Å². The smallest absolute Gasteiger partial charge is 0.264 e. The Morgan fingerprint density at radius 3 is 1.89 bits per heavy atom. The molecule has 0 fully saturated rings. The molecule has 1 atom stereocenters. The van der Waals surface area contributed by atoms with Crippen LogP contribution in [0.25, 0.3) is 11.1 Å².